The quantitative estimate of drug-likeness (QED) is 0.542. The van der Waals surface area contributed by atoms with Crippen LogP contribution < -0.4 is 9.47 Å². The Hall–Kier alpha value is -3.10. The minimum Gasteiger partial charge on any atom is -0.497 e. The minimum absolute atomic E-state index is 0.101. The van der Waals surface area contributed by atoms with Crippen LogP contribution in [0.1, 0.15) is 29.5 Å². The number of piperidine rings is 1. The van der Waals surface area contributed by atoms with Crippen LogP contribution in [-0.4, -0.2) is 79.2 Å². The van der Waals surface area contributed by atoms with Gasteiger partial charge in [-0.1, -0.05) is 24.3 Å². The van der Waals surface area contributed by atoms with E-state index in [9.17, 15) is 9.59 Å². The Morgan fingerprint density at radius 2 is 1.80 bits per heavy atom. The van der Waals surface area contributed by atoms with Gasteiger partial charge >= 0.3 is 6.03 Å². The van der Waals surface area contributed by atoms with E-state index in [1.54, 1.807) is 19.1 Å². The molecule has 8 heteroatoms. The molecule has 8 nitrogen and oxygen atoms in total. The fraction of sp³-hybridized carbons (Fsp3) is 0.481. The summed E-state index contributed by atoms with van der Waals surface area (Å²) in [6.45, 7) is 4.13. The molecule has 5 rings (SSSR count). The van der Waals surface area contributed by atoms with E-state index >= 15 is 0 Å². The number of ether oxygens (including phenoxy) is 3. The topological polar surface area (TPSA) is 71.6 Å². The SMILES string of the molecule is COCCN1C(=O)N(Cc2cccc(OC)c2)C(=O)C12CCN(Cc1ccc3c(c1)CCO3)CC2. The molecule has 2 fully saturated rings. The lowest BCUT2D eigenvalue weighted by molar-refractivity contribution is -0.136. The summed E-state index contributed by atoms with van der Waals surface area (Å²) >= 11 is 0. The molecule has 2 aromatic carbocycles. The molecule has 0 unspecified atom stereocenters. The van der Waals surface area contributed by atoms with Gasteiger partial charge in [0.1, 0.15) is 17.0 Å². The Bertz CT molecular complexity index is 1100. The molecule has 0 aromatic heterocycles. The molecule has 35 heavy (non-hydrogen) atoms. The smallest absolute Gasteiger partial charge is 0.328 e. The summed E-state index contributed by atoms with van der Waals surface area (Å²) in [5.41, 5.74) is 2.59. The van der Waals surface area contributed by atoms with Crippen molar-refractivity contribution >= 4 is 11.9 Å². The maximum absolute atomic E-state index is 13.8. The highest BCUT2D eigenvalue weighted by Gasteiger charge is 2.57. The molecule has 3 heterocycles. The largest absolute Gasteiger partial charge is 0.497 e. The van der Waals surface area contributed by atoms with E-state index in [0.29, 0.717) is 31.7 Å². The number of rotatable bonds is 8. The zero-order valence-electron chi connectivity index (χ0n) is 20.5. The average molecular weight is 480 g/mol. The number of methoxy groups -OCH3 is 2. The maximum atomic E-state index is 13.8. The predicted octanol–water partition coefficient (Wildman–Crippen LogP) is 3.08. The Labute approximate surface area is 206 Å². The van der Waals surface area contributed by atoms with Gasteiger partial charge < -0.3 is 19.1 Å². The number of imide groups is 1. The molecule has 3 aliphatic rings. The minimum atomic E-state index is -0.809. The third kappa shape index (κ3) is 4.48. The molecule has 0 aliphatic carbocycles. The van der Waals surface area contributed by atoms with Gasteiger partial charge in [-0.3, -0.25) is 14.6 Å². The van der Waals surface area contributed by atoms with Crippen LogP contribution in [0.4, 0.5) is 4.79 Å². The lowest BCUT2D eigenvalue weighted by Crippen LogP contribution is -2.57. The van der Waals surface area contributed by atoms with Crippen molar-refractivity contribution in [1.29, 1.82) is 0 Å². The first-order chi connectivity index (χ1) is 17.0. The highest BCUT2D eigenvalue weighted by Crippen LogP contribution is 2.38. The van der Waals surface area contributed by atoms with Crippen LogP contribution in [0, 0.1) is 0 Å². The predicted molar refractivity (Wildman–Crippen MR) is 130 cm³/mol. The summed E-state index contributed by atoms with van der Waals surface area (Å²) in [7, 11) is 3.23. The second kappa shape index (κ2) is 9.87. The van der Waals surface area contributed by atoms with Gasteiger partial charge in [0.25, 0.3) is 5.91 Å². The molecule has 1 spiro atoms. The maximum Gasteiger partial charge on any atom is 0.328 e. The van der Waals surface area contributed by atoms with Crippen LogP contribution >= 0.6 is 0 Å². The van der Waals surface area contributed by atoms with E-state index in [4.69, 9.17) is 14.2 Å². The molecule has 3 aliphatic heterocycles. The van der Waals surface area contributed by atoms with Crippen molar-refractivity contribution in [2.24, 2.45) is 0 Å². The van der Waals surface area contributed by atoms with E-state index in [1.165, 1.54) is 16.0 Å². The number of urea groups is 1. The van der Waals surface area contributed by atoms with E-state index < -0.39 is 5.54 Å². The van der Waals surface area contributed by atoms with Crippen LogP contribution in [0.2, 0.25) is 0 Å². The van der Waals surface area contributed by atoms with Crippen molar-refractivity contribution in [2.45, 2.75) is 37.9 Å². The van der Waals surface area contributed by atoms with Gasteiger partial charge in [-0.2, -0.15) is 0 Å². The fourth-order valence-electron chi connectivity index (χ4n) is 5.53. The molecule has 0 N–H and O–H groups in total. The second-order valence-corrected chi connectivity index (χ2v) is 9.52. The monoisotopic (exact) mass is 479 g/mol. The molecule has 0 bridgehead atoms. The summed E-state index contributed by atoms with van der Waals surface area (Å²) in [5.74, 6) is 1.60. The normalized spacial score (nSPS) is 19.4. The Kier molecular flexibility index (Phi) is 6.67. The second-order valence-electron chi connectivity index (χ2n) is 9.52. The lowest BCUT2D eigenvalue weighted by atomic mass is 9.85. The van der Waals surface area contributed by atoms with E-state index in [1.807, 2.05) is 24.3 Å². The van der Waals surface area contributed by atoms with Gasteiger partial charge in [0, 0.05) is 39.7 Å². The molecule has 0 radical (unpaired) electrons. The number of likely N-dealkylation sites (tertiary alicyclic amines) is 1. The highest BCUT2D eigenvalue weighted by molar-refractivity contribution is 6.07. The number of benzene rings is 2. The summed E-state index contributed by atoms with van der Waals surface area (Å²) in [6, 6.07) is 13.7. The summed E-state index contributed by atoms with van der Waals surface area (Å²) < 4.78 is 16.2. The zero-order chi connectivity index (χ0) is 24.4. The zero-order valence-corrected chi connectivity index (χ0v) is 20.5. The van der Waals surface area contributed by atoms with Crippen LogP contribution in [-0.2, 0) is 29.0 Å². The molecular weight excluding hydrogens is 446 g/mol. The van der Waals surface area contributed by atoms with Gasteiger partial charge in [0.05, 0.1) is 26.9 Å². The summed E-state index contributed by atoms with van der Waals surface area (Å²) in [5, 5.41) is 0. The molecule has 3 amide bonds. The number of nitrogens with zero attached hydrogens (tertiary/aromatic N) is 3. The van der Waals surface area contributed by atoms with Crippen LogP contribution in [0.25, 0.3) is 0 Å². The number of carbonyl (C=O) groups is 2. The van der Waals surface area contributed by atoms with Gasteiger partial charge in [0.15, 0.2) is 0 Å². The Morgan fingerprint density at radius 3 is 2.57 bits per heavy atom. The molecule has 186 valence electrons. The number of hydrogen-bond donors (Lipinski definition) is 0. The summed E-state index contributed by atoms with van der Waals surface area (Å²) in [4.78, 5) is 32.8. The average Bonchev–Trinajstić information content (AvgIpc) is 3.42. The van der Waals surface area contributed by atoms with E-state index in [0.717, 1.165) is 44.0 Å². The Balaban J connectivity index is 1.31. The standard InChI is InChI=1S/C27H33N3O5/c1-33-15-13-30-26(32)29(19-20-4-3-5-23(17-20)34-2)25(31)27(30)9-11-28(12-10-27)18-21-6-7-24-22(16-21)8-14-35-24/h3-7,16-17H,8-15,18-19H2,1-2H3. The number of hydrogen-bond acceptors (Lipinski definition) is 6. The van der Waals surface area contributed by atoms with Crippen LogP contribution in [0.3, 0.4) is 0 Å². The van der Waals surface area contributed by atoms with Crippen molar-refractivity contribution < 1.29 is 23.8 Å². The molecule has 2 aromatic rings. The first-order valence-corrected chi connectivity index (χ1v) is 12.3. The Morgan fingerprint density at radius 1 is 1.00 bits per heavy atom. The summed E-state index contributed by atoms with van der Waals surface area (Å²) in [6.07, 6.45) is 2.19. The number of amides is 3. The highest BCUT2D eigenvalue weighted by atomic mass is 16.5. The molecule has 0 saturated carbocycles. The third-order valence-electron chi connectivity index (χ3n) is 7.46. The first-order valence-electron chi connectivity index (χ1n) is 12.3. The van der Waals surface area contributed by atoms with Gasteiger partial charge in [-0.05, 0) is 47.7 Å². The van der Waals surface area contributed by atoms with E-state index in [2.05, 4.69) is 23.1 Å². The first kappa shape index (κ1) is 23.6. The van der Waals surface area contributed by atoms with Crippen molar-refractivity contribution in [2.75, 3.05) is 47.1 Å². The van der Waals surface area contributed by atoms with Gasteiger partial charge in [0.2, 0.25) is 0 Å². The van der Waals surface area contributed by atoms with E-state index in [-0.39, 0.29) is 18.5 Å². The van der Waals surface area contributed by atoms with Crippen molar-refractivity contribution in [1.82, 2.24) is 14.7 Å². The van der Waals surface area contributed by atoms with Crippen LogP contribution in [0.15, 0.2) is 42.5 Å². The lowest BCUT2D eigenvalue weighted by Gasteiger charge is -2.42. The number of carbonyl (C=O) groups excluding carboxylic acids is 2. The van der Waals surface area contributed by atoms with Gasteiger partial charge in [-0.25, -0.2) is 4.79 Å². The van der Waals surface area contributed by atoms with Crippen molar-refractivity contribution in [3.8, 4) is 11.5 Å². The van der Waals surface area contributed by atoms with Crippen LogP contribution in [0.5, 0.6) is 11.5 Å². The van der Waals surface area contributed by atoms with Crippen molar-refractivity contribution in [3.63, 3.8) is 0 Å². The fourth-order valence-corrected chi connectivity index (χ4v) is 5.53. The molecular formula is C27H33N3O5. The molecule has 0 atom stereocenters. The molecule has 2 saturated heterocycles. The number of fused-ring (bicyclic) bond motifs is 1. The van der Waals surface area contributed by atoms with Crippen molar-refractivity contribution in [3.05, 3.63) is 59.2 Å². The van der Waals surface area contributed by atoms with Gasteiger partial charge in [-0.15, -0.1) is 0 Å². The third-order valence-corrected chi connectivity index (χ3v) is 7.46.